The zero-order valence-electron chi connectivity index (χ0n) is 14.2. The van der Waals surface area contributed by atoms with Crippen molar-refractivity contribution in [2.45, 2.75) is 18.0 Å². The van der Waals surface area contributed by atoms with Crippen molar-refractivity contribution in [3.05, 3.63) is 71.9 Å². The molecular formula is C19H12F4N4S. The van der Waals surface area contributed by atoms with Crippen molar-refractivity contribution in [2.75, 3.05) is 0 Å². The molecule has 0 amide bonds. The normalized spacial score (nSPS) is 11.5. The smallest absolute Gasteiger partial charge is 0.259 e. The largest absolute Gasteiger partial charge is 0.266 e. The molecule has 4 nitrogen and oxygen atoms in total. The molecule has 1 aromatic carbocycles. The van der Waals surface area contributed by atoms with Gasteiger partial charge < -0.3 is 0 Å². The fourth-order valence-corrected chi connectivity index (χ4v) is 3.07. The summed E-state index contributed by atoms with van der Waals surface area (Å²) in [6.07, 6.45) is 1.78. The molecule has 0 spiro atoms. The predicted octanol–water partition coefficient (Wildman–Crippen LogP) is 5.59. The summed E-state index contributed by atoms with van der Waals surface area (Å²) in [7, 11) is 0. The predicted molar refractivity (Wildman–Crippen MR) is 98.2 cm³/mol. The van der Waals surface area contributed by atoms with Gasteiger partial charge in [-0.2, -0.15) is 8.98 Å². The molecule has 28 heavy (non-hydrogen) atoms. The second-order valence-corrected chi connectivity index (χ2v) is 6.62. The Morgan fingerprint density at radius 2 is 1.82 bits per heavy atom. The van der Waals surface area contributed by atoms with Crippen LogP contribution in [0.1, 0.15) is 17.6 Å². The molecule has 0 radical (unpaired) electrons. The van der Waals surface area contributed by atoms with Gasteiger partial charge >= 0.3 is 0 Å². The van der Waals surface area contributed by atoms with Crippen LogP contribution in [-0.4, -0.2) is 19.7 Å². The summed E-state index contributed by atoms with van der Waals surface area (Å²) in [6, 6.07) is 8.66. The Kier molecular flexibility index (Phi) is 4.99. The van der Waals surface area contributed by atoms with Crippen molar-refractivity contribution in [3.63, 3.8) is 0 Å². The number of hydrogen-bond donors (Lipinski definition) is 0. The molecule has 0 bridgehead atoms. The Morgan fingerprint density at radius 3 is 2.54 bits per heavy atom. The van der Waals surface area contributed by atoms with E-state index < -0.39 is 17.8 Å². The van der Waals surface area contributed by atoms with Gasteiger partial charge in [-0.05, 0) is 35.4 Å². The summed E-state index contributed by atoms with van der Waals surface area (Å²) in [5, 5.41) is 4.56. The lowest BCUT2D eigenvalue weighted by Crippen LogP contribution is -2.02. The summed E-state index contributed by atoms with van der Waals surface area (Å²) >= 11 is 0.0681. The third-order valence-electron chi connectivity index (χ3n) is 4.27. The molecule has 4 rings (SSSR count). The van der Waals surface area contributed by atoms with Crippen LogP contribution in [0, 0.1) is 5.82 Å². The minimum absolute atomic E-state index is 0.0681. The summed E-state index contributed by atoms with van der Waals surface area (Å²) in [5.41, 5.74) is 2.48. The van der Waals surface area contributed by atoms with Crippen molar-refractivity contribution >= 4 is 23.2 Å². The Morgan fingerprint density at radius 1 is 0.964 bits per heavy atom. The van der Waals surface area contributed by atoms with Crippen LogP contribution in [0.3, 0.4) is 0 Å². The fourth-order valence-electron chi connectivity index (χ4n) is 2.85. The first-order valence-corrected chi connectivity index (χ1v) is 8.90. The molecule has 3 aromatic heterocycles. The van der Waals surface area contributed by atoms with Crippen molar-refractivity contribution < 1.29 is 17.1 Å². The number of alkyl halides is 2. The summed E-state index contributed by atoms with van der Waals surface area (Å²) < 4.78 is 53.7. The zero-order valence-corrected chi connectivity index (χ0v) is 15.0. The summed E-state index contributed by atoms with van der Waals surface area (Å²) in [5.74, 6) is -0.944. The third-order valence-corrected chi connectivity index (χ3v) is 4.67. The molecule has 0 fully saturated rings. The molecule has 9 heteroatoms. The first kappa shape index (κ1) is 18.4. The first-order valence-electron chi connectivity index (χ1n) is 8.18. The fraction of sp³-hybridized carbons (Fsp3) is 0.105. The van der Waals surface area contributed by atoms with Crippen LogP contribution in [0.2, 0.25) is 0 Å². The number of benzene rings is 1. The lowest BCUT2D eigenvalue weighted by atomic mass is 10.0. The van der Waals surface area contributed by atoms with E-state index >= 15 is 0 Å². The molecular weight excluding hydrogens is 392 g/mol. The monoisotopic (exact) mass is 404 g/mol. The van der Waals surface area contributed by atoms with Crippen LogP contribution >= 0.6 is 12.1 Å². The van der Waals surface area contributed by atoms with E-state index in [1.807, 2.05) is 0 Å². The molecule has 4 aromatic rings. The van der Waals surface area contributed by atoms with Crippen LogP contribution in [-0.2, 0) is 6.54 Å². The Labute approximate surface area is 161 Å². The number of rotatable bonds is 5. The van der Waals surface area contributed by atoms with E-state index in [0.29, 0.717) is 28.7 Å². The number of hydrogen-bond acceptors (Lipinski definition) is 4. The minimum Gasteiger partial charge on any atom is -0.259 e. The second kappa shape index (κ2) is 7.59. The van der Waals surface area contributed by atoms with E-state index in [0.717, 1.165) is 17.7 Å². The summed E-state index contributed by atoms with van der Waals surface area (Å²) in [6.45, 7) is 0.380. The molecule has 0 N–H and O–H groups in total. The number of nitrogens with zero attached hydrogens (tertiary/aromatic N) is 4. The molecule has 3 heterocycles. The molecule has 142 valence electrons. The maximum Gasteiger partial charge on any atom is 0.266 e. The highest BCUT2D eigenvalue weighted by Crippen LogP contribution is 2.29. The van der Waals surface area contributed by atoms with Crippen molar-refractivity contribution in [2.24, 2.45) is 0 Å². The summed E-state index contributed by atoms with van der Waals surface area (Å²) in [4.78, 5) is 8.29. The number of aromatic nitrogens is 4. The van der Waals surface area contributed by atoms with Gasteiger partial charge in [0.25, 0.3) is 6.43 Å². The quantitative estimate of drug-likeness (QED) is 0.407. The molecule has 0 saturated heterocycles. The second-order valence-electron chi connectivity index (χ2n) is 6.05. The van der Waals surface area contributed by atoms with Gasteiger partial charge in [0, 0.05) is 18.0 Å². The first-order chi connectivity index (χ1) is 13.5. The maximum atomic E-state index is 13.6. The average Bonchev–Trinajstić information content (AvgIpc) is 3.11. The van der Waals surface area contributed by atoms with Gasteiger partial charge in [0.2, 0.25) is 0 Å². The Hall–Kier alpha value is -2.94. The molecule has 0 atom stereocenters. The Balaban J connectivity index is 1.70. The van der Waals surface area contributed by atoms with E-state index in [9.17, 15) is 17.1 Å². The van der Waals surface area contributed by atoms with Gasteiger partial charge in [-0.15, -0.1) is 0 Å². The van der Waals surface area contributed by atoms with Crippen molar-refractivity contribution in [1.29, 1.82) is 0 Å². The minimum atomic E-state index is -2.90. The van der Waals surface area contributed by atoms with Gasteiger partial charge in [0.05, 0.1) is 23.8 Å². The number of fused-ring (bicyclic) bond motifs is 1. The van der Waals surface area contributed by atoms with E-state index in [2.05, 4.69) is 15.1 Å². The van der Waals surface area contributed by atoms with E-state index in [4.69, 9.17) is 0 Å². The maximum absolute atomic E-state index is 13.6. The molecule has 0 saturated carbocycles. The number of halogens is 4. The van der Waals surface area contributed by atoms with Gasteiger partial charge in [0.15, 0.2) is 0 Å². The molecule has 0 unspecified atom stereocenters. The molecule has 0 aliphatic carbocycles. The van der Waals surface area contributed by atoms with E-state index in [-0.39, 0.29) is 17.2 Å². The lowest BCUT2D eigenvalue weighted by Gasteiger charge is -2.08. The van der Waals surface area contributed by atoms with E-state index in [1.54, 1.807) is 35.3 Å². The lowest BCUT2D eigenvalue weighted by molar-refractivity contribution is 0.146. The Bertz CT molecular complexity index is 1130. The third kappa shape index (κ3) is 3.57. The van der Waals surface area contributed by atoms with Crippen LogP contribution in [0.5, 0.6) is 0 Å². The van der Waals surface area contributed by atoms with Crippen molar-refractivity contribution in [1.82, 2.24) is 19.7 Å². The van der Waals surface area contributed by atoms with Gasteiger partial charge in [-0.25, -0.2) is 18.2 Å². The number of pyridine rings is 2. The average molecular weight is 404 g/mol. The standard InChI is InChI=1S/C19H12F4N4S/c20-15-3-2-12(5-14(15)19(21)22)13-6-17-16(24-8-13)9-26-27(17)10-11-1-4-18(28-23)25-7-11/h1-9,19H,10H2. The van der Waals surface area contributed by atoms with Crippen molar-refractivity contribution in [3.8, 4) is 11.1 Å². The zero-order chi connectivity index (χ0) is 19.7. The van der Waals surface area contributed by atoms with Crippen LogP contribution in [0.4, 0.5) is 17.1 Å². The van der Waals surface area contributed by atoms with Gasteiger partial charge in [-0.3, -0.25) is 9.67 Å². The van der Waals surface area contributed by atoms with Crippen LogP contribution < -0.4 is 0 Å². The topological polar surface area (TPSA) is 43.6 Å². The van der Waals surface area contributed by atoms with E-state index in [1.165, 1.54) is 12.3 Å². The highest BCUT2D eigenvalue weighted by atomic mass is 32.2. The SMILES string of the molecule is FSc1ccc(Cn2ncc3ncc(-c4ccc(F)c(C(F)F)c4)cc32)cn1. The highest BCUT2D eigenvalue weighted by molar-refractivity contribution is 7.94. The van der Waals surface area contributed by atoms with Crippen LogP contribution in [0.25, 0.3) is 22.2 Å². The molecule has 0 aliphatic rings. The van der Waals surface area contributed by atoms with Crippen LogP contribution in [0.15, 0.2) is 60.0 Å². The molecule has 0 aliphatic heterocycles. The van der Waals surface area contributed by atoms with Gasteiger partial charge in [0.1, 0.15) is 28.5 Å². The highest BCUT2D eigenvalue weighted by Gasteiger charge is 2.15. The van der Waals surface area contributed by atoms with Gasteiger partial charge in [-0.1, -0.05) is 12.1 Å².